The first-order valence-electron chi connectivity index (χ1n) is 7.76. The fourth-order valence-corrected chi connectivity index (χ4v) is 3.19. The van der Waals surface area contributed by atoms with Crippen LogP contribution in [0.3, 0.4) is 0 Å². The summed E-state index contributed by atoms with van der Waals surface area (Å²) in [6.45, 7) is -1.75. The number of thiocarbonyl (C=S) groups is 1. The number of halogens is 4. The number of carbonyl (C=O) groups excluding carboxylic acids is 1. The zero-order valence-electron chi connectivity index (χ0n) is 14.4. The molecule has 0 saturated carbocycles. The van der Waals surface area contributed by atoms with Gasteiger partial charge in [-0.1, -0.05) is 18.2 Å². The number of rotatable bonds is 5. The van der Waals surface area contributed by atoms with Gasteiger partial charge in [0.1, 0.15) is 12.4 Å². The summed E-state index contributed by atoms with van der Waals surface area (Å²) in [4.78, 5) is 11.6. The Balaban J connectivity index is 2.00. The van der Waals surface area contributed by atoms with Crippen LogP contribution in [-0.2, 0) is 10.0 Å². The number of sulfonamides is 1. The summed E-state index contributed by atoms with van der Waals surface area (Å²) >= 11 is 4.90. The number of nitrogens with one attached hydrogen (secondary N) is 4. The lowest BCUT2D eigenvalue weighted by Crippen LogP contribution is -2.43. The number of anilines is 1. The molecule has 0 radical (unpaired) electrons. The highest BCUT2D eigenvalue weighted by atomic mass is 32.2. The van der Waals surface area contributed by atoms with Crippen molar-refractivity contribution in [2.75, 3.05) is 11.9 Å². The van der Waals surface area contributed by atoms with Crippen LogP contribution in [0.2, 0.25) is 0 Å². The fraction of sp³-hybridized carbons (Fsp3) is 0.125. The van der Waals surface area contributed by atoms with Gasteiger partial charge in [0.15, 0.2) is 5.11 Å². The minimum Gasteiger partial charge on any atom is -0.329 e. The molecule has 0 spiro atoms. The Kier molecular flexibility index (Phi) is 7.11. The highest BCUT2D eigenvalue weighted by Gasteiger charge is 2.30. The number of hydrazine groups is 1. The molecule has 1 amide bonds. The van der Waals surface area contributed by atoms with Gasteiger partial charge in [-0.25, -0.2) is 17.5 Å². The second kappa shape index (κ2) is 9.15. The van der Waals surface area contributed by atoms with Crippen molar-refractivity contribution in [3.63, 3.8) is 0 Å². The number of benzene rings is 2. The van der Waals surface area contributed by atoms with E-state index in [4.69, 9.17) is 12.2 Å². The number of carbonyl (C=O) groups is 1. The minimum atomic E-state index is -4.73. The van der Waals surface area contributed by atoms with Crippen molar-refractivity contribution < 1.29 is 30.8 Å². The highest BCUT2D eigenvalue weighted by molar-refractivity contribution is 7.89. The van der Waals surface area contributed by atoms with Gasteiger partial charge in [0.05, 0.1) is 10.6 Å². The summed E-state index contributed by atoms with van der Waals surface area (Å²) < 4.78 is 75.5. The van der Waals surface area contributed by atoms with Gasteiger partial charge in [0.2, 0.25) is 10.0 Å². The molecule has 29 heavy (non-hydrogen) atoms. The molecule has 4 N–H and O–H groups in total. The fourth-order valence-electron chi connectivity index (χ4n) is 1.97. The van der Waals surface area contributed by atoms with Gasteiger partial charge >= 0.3 is 6.18 Å². The van der Waals surface area contributed by atoms with Crippen LogP contribution in [0.4, 0.5) is 23.2 Å². The lowest BCUT2D eigenvalue weighted by atomic mass is 10.2. The van der Waals surface area contributed by atoms with E-state index in [0.717, 1.165) is 12.1 Å². The predicted molar refractivity (Wildman–Crippen MR) is 101 cm³/mol. The molecule has 2 rings (SSSR count). The monoisotopic (exact) mass is 450 g/mol. The quantitative estimate of drug-likeness (QED) is 0.317. The van der Waals surface area contributed by atoms with E-state index in [-0.39, 0.29) is 16.4 Å². The highest BCUT2D eigenvalue weighted by Crippen LogP contribution is 2.16. The maximum Gasteiger partial charge on any atom is 0.402 e. The molecule has 0 unspecified atom stereocenters. The lowest BCUT2D eigenvalue weighted by Gasteiger charge is -2.13. The molecule has 2 aromatic carbocycles. The smallest absolute Gasteiger partial charge is 0.329 e. The molecule has 0 saturated heterocycles. The molecule has 0 aromatic heterocycles. The zero-order valence-corrected chi connectivity index (χ0v) is 16.0. The van der Waals surface area contributed by atoms with E-state index in [0.29, 0.717) is 0 Å². The second-order valence-corrected chi connectivity index (χ2v) is 7.66. The van der Waals surface area contributed by atoms with E-state index in [1.807, 2.05) is 0 Å². The Labute approximate surface area is 168 Å². The summed E-state index contributed by atoms with van der Waals surface area (Å²) in [5, 5.41) is 2.35. The first kappa shape index (κ1) is 22.5. The molecule has 13 heteroatoms. The Morgan fingerprint density at radius 2 is 1.72 bits per heavy atom. The van der Waals surface area contributed by atoms with Crippen molar-refractivity contribution in [1.82, 2.24) is 15.6 Å². The normalized spacial score (nSPS) is 11.6. The topological polar surface area (TPSA) is 99.3 Å². The van der Waals surface area contributed by atoms with Crippen molar-refractivity contribution in [3.05, 3.63) is 59.9 Å². The number of para-hydroxylation sites is 1. The molecule has 2 aromatic rings. The van der Waals surface area contributed by atoms with E-state index in [1.165, 1.54) is 35.1 Å². The molecule has 156 valence electrons. The number of amides is 1. The molecule has 0 aliphatic rings. The third-order valence-corrected chi connectivity index (χ3v) is 4.88. The number of hydrogen-bond acceptors (Lipinski definition) is 4. The van der Waals surface area contributed by atoms with Crippen LogP contribution in [0.5, 0.6) is 0 Å². The second-order valence-electron chi connectivity index (χ2n) is 5.48. The standard InChI is InChI=1S/C16H14F4N4O3S2/c17-12-6-1-2-7-13(12)22-15(28)24-23-14(25)10-4-3-5-11(8-10)29(26,27)21-9-16(18,19)20/h1-8,21H,9H2,(H,23,25)(H2,22,24,28). The molecular weight excluding hydrogens is 436 g/mol. The summed E-state index contributed by atoms with van der Waals surface area (Å²) in [5.41, 5.74) is 4.36. The summed E-state index contributed by atoms with van der Waals surface area (Å²) in [6.07, 6.45) is -4.73. The molecule has 0 heterocycles. The maximum absolute atomic E-state index is 13.5. The van der Waals surface area contributed by atoms with Crippen LogP contribution in [0, 0.1) is 5.82 Å². The van der Waals surface area contributed by atoms with E-state index < -0.39 is 39.4 Å². The van der Waals surface area contributed by atoms with Gasteiger partial charge < -0.3 is 5.32 Å². The third-order valence-electron chi connectivity index (χ3n) is 3.28. The number of hydrogen-bond donors (Lipinski definition) is 4. The van der Waals surface area contributed by atoms with Gasteiger partial charge in [0.25, 0.3) is 5.91 Å². The minimum absolute atomic E-state index is 0.0584. The molecular formula is C16H14F4N4O3S2. The van der Waals surface area contributed by atoms with E-state index in [1.54, 1.807) is 6.07 Å². The number of alkyl halides is 3. The third kappa shape index (κ3) is 6.96. The Bertz CT molecular complexity index is 1010. The summed E-state index contributed by atoms with van der Waals surface area (Å²) in [7, 11) is -4.48. The molecule has 0 aliphatic heterocycles. The van der Waals surface area contributed by atoms with E-state index in [9.17, 15) is 30.8 Å². The summed E-state index contributed by atoms with van der Waals surface area (Å²) in [5.74, 6) is -1.40. The van der Waals surface area contributed by atoms with Crippen molar-refractivity contribution >= 4 is 38.9 Å². The van der Waals surface area contributed by atoms with E-state index in [2.05, 4.69) is 16.2 Å². The maximum atomic E-state index is 13.5. The van der Waals surface area contributed by atoms with Gasteiger partial charge in [-0.3, -0.25) is 15.6 Å². The van der Waals surface area contributed by atoms with Crippen LogP contribution in [-0.4, -0.2) is 32.2 Å². The zero-order chi connectivity index (χ0) is 21.7. The summed E-state index contributed by atoms with van der Waals surface area (Å²) in [6, 6.07) is 10.0. The molecule has 0 bridgehead atoms. The largest absolute Gasteiger partial charge is 0.402 e. The first-order chi connectivity index (χ1) is 13.5. The van der Waals surface area contributed by atoms with E-state index >= 15 is 0 Å². The van der Waals surface area contributed by atoms with Crippen molar-refractivity contribution in [3.8, 4) is 0 Å². The van der Waals surface area contributed by atoms with Gasteiger partial charge in [0, 0.05) is 5.56 Å². The van der Waals surface area contributed by atoms with Gasteiger partial charge in [-0.15, -0.1) is 0 Å². The SMILES string of the molecule is O=C(NNC(=S)Nc1ccccc1F)c1cccc(S(=O)(=O)NCC(F)(F)F)c1. The molecule has 0 aliphatic carbocycles. The van der Waals surface area contributed by atoms with Crippen molar-refractivity contribution in [1.29, 1.82) is 0 Å². The average Bonchev–Trinajstić information content (AvgIpc) is 2.66. The van der Waals surface area contributed by atoms with Crippen LogP contribution in [0.25, 0.3) is 0 Å². The Morgan fingerprint density at radius 1 is 1.03 bits per heavy atom. The van der Waals surface area contributed by atoms with Crippen LogP contribution in [0.1, 0.15) is 10.4 Å². The lowest BCUT2D eigenvalue weighted by molar-refractivity contribution is -0.121. The van der Waals surface area contributed by atoms with Crippen molar-refractivity contribution in [2.24, 2.45) is 0 Å². The molecule has 0 atom stereocenters. The first-order valence-corrected chi connectivity index (χ1v) is 9.65. The molecule has 7 nitrogen and oxygen atoms in total. The van der Waals surface area contributed by atoms with Crippen LogP contribution >= 0.6 is 12.2 Å². The van der Waals surface area contributed by atoms with Gasteiger partial charge in [-0.2, -0.15) is 13.2 Å². The Morgan fingerprint density at radius 3 is 2.38 bits per heavy atom. The average molecular weight is 450 g/mol. The van der Waals surface area contributed by atoms with Gasteiger partial charge in [-0.05, 0) is 42.5 Å². The molecule has 0 fully saturated rings. The van der Waals surface area contributed by atoms with Crippen LogP contribution < -0.4 is 20.9 Å². The Hall–Kier alpha value is -2.77. The van der Waals surface area contributed by atoms with Crippen molar-refractivity contribution in [2.45, 2.75) is 11.1 Å². The predicted octanol–water partition coefficient (Wildman–Crippen LogP) is 2.30. The van der Waals surface area contributed by atoms with Crippen LogP contribution in [0.15, 0.2) is 53.4 Å².